The van der Waals surface area contributed by atoms with E-state index in [9.17, 15) is 4.79 Å². The molecule has 0 saturated carbocycles. The van der Waals surface area contributed by atoms with E-state index in [1.807, 2.05) is 49.2 Å². The van der Waals surface area contributed by atoms with E-state index in [4.69, 9.17) is 0 Å². The smallest absolute Gasteiger partial charge is 0.268 e. The predicted octanol–water partition coefficient (Wildman–Crippen LogP) is 1.72. The van der Waals surface area contributed by atoms with Crippen LogP contribution in [0.3, 0.4) is 0 Å². The number of nitrogens with one attached hydrogen (secondary N) is 1. The first kappa shape index (κ1) is 11.5. The minimum absolute atomic E-state index is 0.00181. The zero-order valence-corrected chi connectivity index (χ0v) is 10.1. The van der Waals surface area contributed by atoms with Gasteiger partial charge in [-0.2, -0.15) is 0 Å². The Morgan fingerprint density at radius 3 is 2.65 bits per heavy atom. The maximum Gasteiger partial charge on any atom is 0.268 e. The molecule has 0 aromatic heterocycles. The van der Waals surface area contributed by atoms with Crippen molar-refractivity contribution in [1.82, 2.24) is 10.3 Å². The highest BCUT2D eigenvalue weighted by Crippen LogP contribution is 2.18. The summed E-state index contributed by atoms with van der Waals surface area (Å²) in [6.07, 6.45) is 3.21. The number of hydrogen-bond donors (Lipinski definition) is 1. The molecule has 0 radical (unpaired) electrons. The molecule has 0 fully saturated rings. The van der Waals surface area contributed by atoms with Gasteiger partial charge in [-0.05, 0) is 26.0 Å². The Labute approximate surface area is 101 Å². The van der Waals surface area contributed by atoms with Crippen molar-refractivity contribution in [2.45, 2.75) is 20.0 Å². The van der Waals surface area contributed by atoms with Gasteiger partial charge >= 0.3 is 0 Å². The molecule has 1 atom stereocenters. The highest BCUT2D eigenvalue weighted by molar-refractivity contribution is 5.89. The average molecular weight is 231 g/mol. The van der Waals surface area contributed by atoms with Crippen LogP contribution in [0, 0.1) is 0 Å². The summed E-state index contributed by atoms with van der Waals surface area (Å²) in [4.78, 5) is 11.9. The highest BCUT2D eigenvalue weighted by atomic mass is 16.2. The molecule has 17 heavy (non-hydrogen) atoms. The first-order valence-electron chi connectivity index (χ1n) is 5.82. The van der Waals surface area contributed by atoms with Crippen LogP contribution >= 0.6 is 0 Å². The summed E-state index contributed by atoms with van der Waals surface area (Å²) >= 11 is 0. The van der Waals surface area contributed by atoms with Gasteiger partial charge in [-0.15, -0.1) is 0 Å². The fraction of sp³-hybridized carbons (Fsp3) is 0.308. The third-order valence-corrected chi connectivity index (χ3v) is 2.77. The monoisotopic (exact) mass is 231 g/mol. The molecule has 1 amide bonds. The number of benzene rings is 1. The standard InChI is InChI=1S/C13H17N3O/c1-3-15(12-7-5-4-6-8-12)16-11(2)14-10-9-13(16)17/h4-11,14H,3H2,1-2H3. The van der Waals surface area contributed by atoms with E-state index < -0.39 is 0 Å². The topological polar surface area (TPSA) is 35.6 Å². The first-order valence-corrected chi connectivity index (χ1v) is 5.82. The molecule has 2 rings (SSSR count). The molecule has 90 valence electrons. The number of nitrogens with zero attached hydrogens (tertiary/aromatic N) is 2. The van der Waals surface area contributed by atoms with Crippen LogP contribution < -0.4 is 10.3 Å². The molecule has 1 aliphatic heterocycles. The van der Waals surface area contributed by atoms with Gasteiger partial charge in [-0.1, -0.05) is 18.2 Å². The lowest BCUT2D eigenvalue weighted by atomic mass is 10.3. The van der Waals surface area contributed by atoms with Gasteiger partial charge in [0.2, 0.25) is 0 Å². The van der Waals surface area contributed by atoms with E-state index in [1.165, 1.54) is 0 Å². The van der Waals surface area contributed by atoms with Crippen LogP contribution in [0.2, 0.25) is 0 Å². The number of hydrogen-bond acceptors (Lipinski definition) is 3. The van der Waals surface area contributed by atoms with Crippen molar-refractivity contribution in [2.75, 3.05) is 11.6 Å². The summed E-state index contributed by atoms with van der Waals surface area (Å²) in [6.45, 7) is 4.74. The van der Waals surface area contributed by atoms with Crippen LogP contribution in [0.5, 0.6) is 0 Å². The summed E-state index contributed by atoms with van der Waals surface area (Å²) in [5, 5.41) is 6.84. The second kappa shape index (κ2) is 4.91. The van der Waals surface area contributed by atoms with E-state index in [2.05, 4.69) is 5.32 Å². The average Bonchev–Trinajstić information content (AvgIpc) is 2.35. The van der Waals surface area contributed by atoms with Crippen LogP contribution in [0.1, 0.15) is 13.8 Å². The number of anilines is 1. The molecule has 0 bridgehead atoms. The third kappa shape index (κ3) is 2.25. The number of carbonyl (C=O) groups excluding carboxylic acids is 1. The zero-order valence-electron chi connectivity index (χ0n) is 10.1. The molecule has 1 aliphatic rings. The van der Waals surface area contributed by atoms with Gasteiger partial charge in [0.1, 0.15) is 6.17 Å². The molecule has 0 saturated heterocycles. The van der Waals surface area contributed by atoms with Crippen molar-refractivity contribution in [1.29, 1.82) is 0 Å². The predicted molar refractivity (Wildman–Crippen MR) is 68.0 cm³/mol. The fourth-order valence-electron chi connectivity index (χ4n) is 1.98. The molecule has 1 aromatic carbocycles. The van der Waals surface area contributed by atoms with Crippen molar-refractivity contribution in [3.63, 3.8) is 0 Å². The van der Waals surface area contributed by atoms with Gasteiger partial charge in [-0.3, -0.25) is 9.80 Å². The summed E-state index contributed by atoms with van der Waals surface area (Å²) in [6, 6.07) is 9.92. The van der Waals surface area contributed by atoms with Gasteiger partial charge in [-0.25, -0.2) is 5.01 Å². The minimum atomic E-state index is -0.0346. The molecule has 1 unspecified atom stereocenters. The number of amides is 1. The van der Waals surface area contributed by atoms with Crippen molar-refractivity contribution in [3.8, 4) is 0 Å². The molecule has 1 N–H and O–H groups in total. The summed E-state index contributed by atoms with van der Waals surface area (Å²) in [5.74, 6) is 0.00181. The summed E-state index contributed by atoms with van der Waals surface area (Å²) < 4.78 is 0. The van der Waals surface area contributed by atoms with Crippen molar-refractivity contribution < 1.29 is 4.79 Å². The lowest BCUT2D eigenvalue weighted by Gasteiger charge is -2.40. The Balaban J connectivity index is 2.30. The van der Waals surface area contributed by atoms with Gasteiger partial charge in [0.15, 0.2) is 0 Å². The van der Waals surface area contributed by atoms with Gasteiger partial charge in [0, 0.05) is 18.8 Å². The highest BCUT2D eigenvalue weighted by Gasteiger charge is 2.26. The van der Waals surface area contributed by atoms with Crippen LogP contribution in [0.15, 0.2) is 42.6 Å². The Morgan fingerprint density at radius 1 is 1.35 bits per heavy atom. The molecular formula is C13H17N3O. The largest absolute Gasteiger partial charge is 0.370 e. The number of rotatable bonds is 3. The summed E-state index contributed by atoms with van der Waals surface area (Å²) in [5.41, 5.74) is 1.02. The number of para-hydroxylation sites is 1. The second-order valence-corrected chi connectivity index (χ2v) is 3.91. The molecule has 1 aromatic rings. The second-order valence-electron chi connectivity index (χ2n) is 3.91. The fourth-order valence-corrected chi connectivity index (χ4v) is 1.98. The molecular weight excluding hydrogens is 214 g/mol. The van der Waals surface area contributed by atoms with E-state index in [-0.39, 0.29) is 12.1 Å². The molecule has 1 heterocycles. The normalized spacial score (nSPS) is 19.1. The maximum atomic E-state index is 11.9. The SMILES string of the molecule is CCN(c1ccccc1)N1C(=O)C=CNC1C. The van der Waals surface area contributed by atoms with Gasteiger partial charge in [0.05, 0.1) is 5.69 Å². The lowest BCUT2D eigenvalue weighted by molar-refractivity contribution is -0.130. The van der Waals surface area contributed by atoms with Gasteiger partial charge < -0.3 is 5.32 Å². The molecule has 0 aliphatic carbocycles. The van der Waals surface area contributed by atoms with Crippen LogP contribution in [-0.2, 0) is 4.79 Å². The molecule has 0 spiro atoms. The van der Waals surface area contributed by atoms with E-state index in [0.717, 1.165) is 12.2 Å². The van der Waals surface area contributed by atoms with E-state index in [1.54, 1.807) is 17.3 Å². The third-order valence-electron chi connectivity index (χ3n) is 2.77. The molecule has 4 nitrogen and oxygen atoms in total. The van der Waals surface area contributed by atoms with Crippen molar-refractivity contribution in [2.24, 2.45) is 0 Å². The van der Waals surface area contributed by atoms with E-state index in [0.29, 0.717) is 0 Å². The Kier molecular flexibility index (Phi) is 3.32. The van der Waals surface area contributed by atoms with Crippen molar-refractivity contribution in [3.05, 3.63) is 42.6 Å². The summed E-state index contributed by atoms with van der Waals surface area (Å²) in [7, 11) is 0. The Bertz CT molecular complexity index is 416. The van der Waals surface area contributed by atoms with Crippen LogP contribution in [-0.4, -0.2) is 23.6 Å². The zero-order chi connectivity index (χ0) is 12.3. The van der Waals surface area contributed by atoms with E-state index >= 15 is 0 Å². The number of carbonyl (C=O) groups is 1. The lowest BCUT2D eigenvalue weighted by Crippen LogP contribution is -2.57. The molecule has 4 heteroatoms. The van der Waals surface area contributed by atoms with Crippen LogP contribution in [0.25, 0.3) is 0 Å². The van der Waals surface area contributed by atoms with Gasteiger partial charge in [0.25, 0.3) is 5.91 Å². The first-order chi connectivity index (χ1) is 8.24. The Hall–Kier alpha value is -1.97. The number of hydrazine groups is 1. The van der Waals surface area contributed by atoms with Crippen LogP contribution in [0.4, 0.5) is 5.69 Å². The van der Waals surface area contributed by atoms with Crippen molar-refractivity contribution >= 4 is 11.6 Å². The quantitative estimate of drug-likeness (QED) is 0.860. The maximum absolute atomic E-state index is 11.9. The minimum Gasteiger partial charge on any atom is -0.370 e. The Morgan fingerprint density at radius 2 is 2.06 bits per heavy atom.